The van der Waals surface area contributed by atoms with E-state index in [1.165, 1.54) is 50.8 Å². The zero-order valence-corrected chi connectivity index (χ0v) is 13.9. The van der Waals surface area contributed by atoms with Crippen LogP contribution in [0.2, 0.25) is 0 Å². The fourth-order valence-corrected chi connectivity index (χ4v) is 4.40. The number of amides is 1. The van der Waals surface area contributed by atoms with Crippen LogP contribution < -0.4 is 0 Å². The smallest absolute Gasteiger partial charge is 0.226 e. The van der Waals surface area contributed by atoms with Gasteiger partial charge in [-0.1, -0.05) is 12.5 Å². The second-order valence-electron chi connectivity index (χ2n) is 7.42. The Labute approximate surface area is 138 Å². The normalized spacial score (nSPS) is 31.3. The minimum Gasteiger partial charge on any atom is -0.338 e. The minimum absolute atomic E-state index is 0.209. The molecule has 0 aromatic carbocycles. The summed E-state index contributed by atoms with van der Waals surface area (Å²) in [5.74, 6) is 1.02. The first-order valence-electron chi connectivity index (χ1n) is 9.25. The molecule has 0 N–H and O–H groups in total. The summed E-state index contributed by atoms with van der Waals surface area (Å²) in [6, 6.07) is 4.54. The number of piperidine rings is 1. The van der Waals surface area contributed by atoms with Gasteiger partial charge in [-0.05, 0) is 62.7 Å². The highest BCUT2D eigenvalue weighted by molar-refractivity contribution is 5.83. The zero-order valence-electron chi connectivity index (χ0n) is 13.9. The highest BCUT2D eigenvalue weighted by atomic mass is 16.2. The molecule has 3 atom stereocenters. The topological polar surface area (TPSA) is 36.4 Å². The van der Waals surface area contributed by atoms with Crippen molar-refractivity contribution in [3.8, 4) is 0 Å². The number of carbonyl (C=O) groups is 1. The van der Waals surface area contributed by atoms with Gasteiger partial charge in [-0.25, -0.2) is 0 Å². The van der Waals surface area contributed by atoms with Crippen LogP contribution >= 0.6 is 0 Å². The number of pyridine rings is 1. The van der Waals surface area contributed by atoms with E-state index >= 15 is 0 Å². The number of aromatic nitrogens is 1. The maximum absolute atomic E-state index is 12.9. The number of rotatable bonds is 4. The molecule has 3 fully saturated rings. The van der Waals surface area contributed by atoms with E-state index in [0.717, 1.165) is 19.5 Å². The van der Waals surface area contributed by atoms with Gasteiger partial charge in [-0.2, -0.15) is 0 Å². The quantitative estimate of drug-likeness (QED) is 0.857. The van der Waals surface area contributed by atoms with E-state index in [2.05, 4.69) is 20.9 Å². The van der Waals surface area contributed by atoms with Crippen LogP contribution in [0.5, 0.6) is 0 Å². The molecule has 3 unspecified atom stereocenters. The molecule has 2 saturated heterocycles. The summed E-state index contributed by atoms with van der Waals surface area (Å²) in [4.78, 5) is 21.9. The first-order valence-corrected chi connectivity index (χ1v) is 9.25. The van der Waals surface area contributed by atoms with Crippen molar-refractivity contribution in [2.45, 2.75) is 50.5 Å². The Morgan fingerprint density at radius 1 is 1.17 bits per heavy atom. The van der Waals surface area contributed by atoms with E-state index in [9.17, 15) is 4.79 Å². The number of likely N-dealkylation sites (tertiary alicyclic amines) is 2. The molecule has 1 amide bonds. The van der Waals surface area contributed by atoms with Crippen molar-refractivity contribution in [1.82, 2.24) is 14.8 Å². The monoisotopic (exact) mass is 313 g/mol. The van der Waals surface area contributed by atoms with Gasteiger partial charge in [0.05, 0.1) is 0 Å². The summed E-state index contributed by atoms with van der Waals surface area (Å²) in [5.41, 5.74) is 1.23. The van der Waals surface area contributed by atoms with Crippen LogP contribution in [0.1, 0.15) is 50.0 Å². The summed E-state index contributed by atoms with van der Waals surface area (Å²) >= 11 is 0. The van der Waals surface area contributed by atoms with Crippen molar-refractivity contribution < 1.29 is 4.79 Å². The molecule has 4 nitrogen and oxygen atoms in total. The lowest BCUT2D eigenvalue weighted by Crippen LogP contribution is -2.45. The van der Waals surface area contributed by atoms with Crippen LogP contribution in [-0.2, 0) is 4.79 Å². The van der Waals surface area contributed by atoms with Gasteiger partial charge in [0.25, 0.3) is 0 Å². The molecule has 3 aliphatic rings. The first kappa shape index (κ1) is 15.1. The standard InChI is InChI=1S/C19H27N3O/c23-19(18-12-17(18)15-6-4-8-20-13-15)22-11-5-7-16(22)14-21-9-2-1-3-10-21/h4,6,8,13,16-18H,1-3,5,7,9-12,14H2. The number of nitrogens with zero attached hydrogens (tertiary/aromatic N) is 3. The molecular weight excluding hydrogens is 286 g/mol. The van der Waals surface area contributed by atoms with Gasteiger partial charge in [-0.3, -0.25) is 9.78 Å². The molecule has 1 aliphatic carbocycles. The van der Waals surface area contributed by atoms with Crippen molar-refractivity contribution >= 4 is 5.91 Å². The Morgan fingerprint density at radius 2 is 2.04 bits per heavy atom. The van der Waals surface area contributed by atoms with Crippen molar-refractivity contribution in [1.29, 1.82) is 0 Å². The first-order chi connectivity index (χ1) is 11.3. The van der Waals surface area contributed by atoms with E-state index in [-0.39, 0.29) is 5.92 Å². The summed E-state index contributed by atoms with van der Waals surface area (Å²) in [5, 5.41) is 0. The number of hydrogen-bond donors (Lipinski definition) is 0. The van der Waals surface area contributed by atoms with E-state index in [0.29, 0.717) is 17.9 Å². The van der Waals surface area contributed by atoms with Crippen LogP contribution in [-0.4, -0.2) is 52.9 Å². The number of carbonyl (C=O) groups excluding carboxylic acids is 1. The largest absolute Gasteiger partial charge is 0.338 e. The van der Waals surface area contributed by atoms with Gasteiger partial charge in [0.1, 0.15) is 0 Å². The third-order valence-electron chi connectivity index (χ3n) is 5.80. The van der Waals surface area contributed by atoms with E-state index in [1.54, 1.807) is 6.20 Å². The SMILES string of the molecule is O=C(C1CC1c1cccnc1)N1CCCC1CN1CCCCC1. The van der Waals surface area contributed by atoms with Gasteiger partial charge in [0, 0.05) is 37.4 Å². The Morgan fingerprint density at radius 3 is 2.83 bits per heavy atom. The van der Waals surface area contributed by atoms with Gasteiger partial charge < -0.3 is 9.80 Å². The van der Waals surface area contributed by atoms with Crippen molar-refractivity contribution in [2.75, 3.05) is 26.2 Å². The lowest BCUT2D eigenvalue weighted by molar-refractivity contribution is -0.133. The van der Waals surface area contributed by atoms with E-state index in [4.69, 9.17) is 0 Å². The molecule has 2 aliphatic heterocycles. The maximum Gasteiger partial charge on any atom is 0.226 e. The van der Waals surface area contributed by atoms with Crippen LogP contribution in [0.15, 0.2) is 24.5 Å². The van der Waals surface area contributed by atoms with Gasteiger partial charge in [0.2, 0.25) is 5.91 Å². The lowest BCUT2D eigenvalue weighted by Gasteiger charge is -2.33. The molecule has 4 rings (SSSR count). The Bertz CT molecular complexity index is 541. The molecular formula is C19H27N3O. The molecule has 1 aromatic rings. The fourth-order valence-electron chi connectivity index (χ4n) is 4.40. The molecule has 1 saturated carbocycles. The molecule has 23 heavy (non-hydrogen) atoms. The number of hydrogen-bond acceptors (Lipinski definition) is 3. The molecule has 124 valence electrons. The maximum atomic E-state index is 12.9. The van der Waals surface area contributed by atoms with Crippen molar-refractivity contribution in [3.05, 3.63) is 30.1 Å². The Hall–Kier alpha value is -1.42. The second-order valence-corrected chi connectivity index (χ2v) is 7.42. The van der Waals surface area contributed by atoms with E-state index < -0.39 is 0 Å². The molecule has 0 spiro atoms. The van der Waals surface area contributed by atoms with Crippen LogP contribution in [0.3, 0.4) is 0 Å². The highest BCUT2D eigenvalue weighted by Crippen LogP contribution is 2.48. The predicted octanol–water partition coefficient (Wildman–Crippen LogP) is 2.66. The summed E-state index contributed by atoms with van der Waals surface area (Å²) in [6.45, 7) is 4.50. The van der Waals surface area contributed by atoms with Gasteiger partial charge in [0.15, 0.2) is 0 Å². The van der Waals surface area contributed by atoms with Crippen LogP contribution in [0.25, 0.3) is 0 Å². The Balaban J connectivity index is 1.36. The third kappa shape index (κ3) is 3.27. The van der Waals surface area contributed by atoms with Gasteiger partial charge >= 0.3 is 0 Å². The predicted molar refractivity (Wildman–Crippen MR) is 90.1 cm³/mol. The average molecular weight is 313 g/mol. The summed E-state index contributed by atoms with van der Waals surface area (Å²) < 4.78 is 0. The average Bonchev–Trinajstić information content (AvgIpc) is 3.28. The highest BCUT2D eigenvalue weighted by Gasteiger charge is 2.47. The van der Waals surface area contributed by atoms with Crippen molar-refractivity contribution in [3.63, 3.8) is 0 Å². The van der Waals surface area contributed by atoms with Crippen molar-refractivity contribution in [2.24, 2.45) is 5.92 Å². The molecule has 0 radical (unpaired) electrons. The third-order valence-corrected chi connectivity index (χ3v) is 5.80. The summed E-state index contributed by atoms with van der Waals surface area (Å²) in [7, 11) is 0. The lowest BCUT2D eigenvalue weighted by atomic mass is 10.1. The van der Waals surface area contributed by atoms with Gasteiger partial charge in [-0.15, -0.1) is 0 Å². The van der Waals surface area contributed by atoms with Crippen LogP contribution in [0, 0.1) is 5.92 Å². The second kappa shape index (κ2) is 6.60. The minimum atomic E-state index is 0.209. The molecule has 1 aromatic heterocycles. The van der Waals surface area contributed by atoms with E-state index in [1.807, 2.05) is 12.3 Å². The molecule has 3 heterocycles. The summed E-state index contributed by atoms with van der Waals surface area (Å²) in [6.07, 6.45) is 11.1. The Kier molecular flexibility index (Phi) is 4.34. The zero-order chi connectivity index (χ0) is 15.6. The fraction of sp³-hybridized carbons (Fsp3) is 0.684. The molecule has 0 bridgehead atoms. The van der Waals surface area contributed by atoms with Crippen LogP contribution in [0.4, 0.5) is 0 Å². The molecule has 4 heteroatoms.